The molecule has 0 aliphatic heterocycles. The van der Waals surface area contributed by atoms with Gasteiger partial charge in [-0.2, -0.15) is 0 Å². The van der Waals surface area contributed by atoms with E-state index in [1.165, 1.54) is 11.8 Å². The van der Waals surface area contributed by atoms with Gasteiger partial charge in [-0.15, -0.1) is 11.8 Å². The van der Waals surface area contributed by atoms with Gasteiger partial charge in [0, 0.05) is 10.1 Å². The van der Waals surface area contributed by atoms with Gasteiger partial charge in [0.1, 0.15) is 0 Å². The smallest absolute Gasteiger partial charge is 0.306 e. The van der Waals surface area contributed by atoms with Crippen molar-refractivity contribution in [3.05, 3.63) is 30.3 Å². The average molecular weight is 226 g/mol. The Labute approximate surface area is 93.1 Å². The predicted molar refractivity (Wildman–Crippen MR) is 60.0 cm³/mol. The summed E-state index contributed by atoms with van der Waals surface area (Å²) >= 11 is 1.48. The van der Waals surface area contributed by atoms with E-state index in [9.17, 15) is 9.90 Å². The maximum atomic E-state index is 10.4. The molecule has 0 heterocycles. The van der Waals surface area contributed by atoms with Crippen LogP contribution in [-0.2, 0) is 4.79 Å². The van der Waals surface area contributed by atoms with Crippen molar-refractivity contribution in [2.45, 2.75) is 29.6 Å². The van der Waals surface area contributed by atoms with E-state index in [4.69, 9.17) is 5.11 Å². The molecule has 0 amide bonds. The van der Waals surface area contributed by atoms with Gasteiger partial charge in [0.2, 0.25) is 0 Å². The molecule has 2 unspecified atom stereocenters. The topological polar surface area (TPSA) is 57.5 Å². The lowest BCUT2D eigenvalue weighted by Gasteiger charge is -2.16. The van der Waals surface area contributed by atoms with E-state index in [1.807, 2.05) is 37.3 Å². The monoisotopic (exact) mass is 226 g/mol. The first-order valence-electron chi connectivity index (χ1n) is 4.71. The minimum atomic E-state index is -0.969. The minimum Gasteiger partial charge on any atom is -0.481 e. The number of aliphatic hydroxyl groups is 1. The molecule has 3 nitrogen and oxygen atoms in total. The molecule has 2 N–H and O–H groups in total. The molecule has 0 bridgehead atoms. The van der Waals surface area contributed by atoms with Crippen molar-refractivity contribution in [1.29, 1.82) is 0 Å². The Bertz CT molecular complexity index is 313. The van der Waals surface area contributed by atoms with Crippen molar-refractivity contribution in [3.63, 3.8) is 0 Å². The summed E-state index contributed by atoms with van der Waals surface area (Å²) in [7, 11) is 0. The maximum absolute atomic E-state index is 10.4. The van der Waals surface area contributed by atoms with Crippen LogP contribution in [0.2, 0.25) is 0 Å². The number of benzene rings is 1. The molecule has 0 saturated heterocycles. The standard InChI is InChI=1S/C11H14O3S/c1-8(10(12)7-11(13)14)15-9-5-3-2-4-6-9/h2-6,8,10,12H,7H2,1H3,(H,13,14). The number of carbonyl (C=O) groups is 1. The lowest BCUT2D eigenvalue weighted by molar-refractivity contribution is -0.139. The third kappa shape index (κ3) is 4.36. The highest BCUT2D eigenvalue weighted by atomic mass is 32.2. The van der Waals surface area contributed by atoms with Gasteiger partial charge in [-0.05, 0) is 12.1 Å². The number of hydrogen-bond acceptors (Lipinski definition) is 3. The summed E-state index contributed by atoms with van der Waals surface area (Å²) in [5, 5.41) is 18.0. The first-order valence-corrected chi connectivity index (χ1v) is 5.59. The summed E-state index contributed by atoms with van der Waals surface area (Å²) < 4.78 is 0. The van der Waals surface area contributed by atoms with E-state index in [2.05, 4.69) is 0 Å². The average Bonchev–Trinajstić information content (AvgIpc) is 2.18. The van der Waals surface area contributed by atoms with Crippen LogP contribution in [0, 0.1) is 0 Å². The molecular formula is C11H14O3S. The SMILES string of the molecule is CC(Sc1ccccc1)C(O)CC(=O)O. The lowest BCUT2D eigenvalue weighted by atomic mass is 10.2. The molecule has 0 aliphatic rings. The Balaban J connectivity index is 2.48. The second kappa shape index (κ2) is 5.78. The Morgan fingerprint density at radius 3 is 2.53 bits per heavy atom. The number of hydrogen-bond donors (Lipinski definition) is 2. The van der Waals surface area contributed by atoms with Crippen LogP contribution in [0.25, 0.3) is 0 Å². The molecule has 0 aliphatic carbocycles. The fourth-order valence-electron chi connectivity index (χ4n) is 1.14. The number of thioether (sulfide) groups is 1. The molecule has 1 rings (SSSR count). The van der Waals surface area contributed by atoms with Crippen LogP contribution in [-0.4, -0.2) is 27.5 Å². The van der Waals surface area contributed by atoms with Crippen molar-refractivity contribution in [3.8, 4) is 0 Å². The highest BCUT2D eigenvalue weighted by Gasteiger charge is 2.18. The Kier molecular flexibility index (Phi) is 4.65. The van der Waals surface area contributed by atoms with Crippen LogP contribution in [0.15, 0.2) is 35.2 Å². The van der Waals surface area contributed by atoms with E-state index >= 15 is 0 Å². The van der Waals surface area contributed by atoms with Crippen molar-refractivity contribution < 1.29 is 15.0 Å². The zero-order valence-corrected chi connectivity index (χ0v) is 9.28. The number of carboxylic acid groups (broad SMARTS) is 1. The normalized spacial score (nSPS) is 14.5. The van der Waals surface area contributed by atoms with Gasteiger partial charge < -0.3 is 10.2 Å². The second-order valence-electron chi connectivity index (χ2n) is 3.30. The summed E-state index contributed by atoms with van der Waals surface area (Å²) in [5.74, 6) is -0.969. The molecule has 2 atom stereocenters. The minimum absolute atomic E-state index is 0.122. The Morgan fingerprint density at radius 2 is 2.00 bits per heavy atom. The number of rotatable bonds is 5. The predicted octanol–water partition coefficient (Wildman–Crippen LogP) is 2.00. The van der Waals surface area contributed by atoms with E-state index in [0.717, 1.165) is 4.90 Å². The van der Waals surface area contributed by atoms with Crippen LogP contribution in [0.1, 0.15) is 13.3 Å². The van der Waals surface area contributed by atoms with Crippen LogP contribution >= 0.6 is 11.8 Å². The molecule has 0 fully saturated rings. The third-order valence-electron chi connectivity index (χ3n) is 1.99. The molecule has 0 radical (unpaired) electrons. The molecule has 0 saturated carbocycles. The highest BCUT2D eigenvalue weighted by molar-refractivity contribution is 8.00. The number of aliphatic hydroxyl groups excluding tert-OH is 1. The highest BCUT2D eigenvalue weighted by Crippen LogP contribution is 2.25. The van der Waals surface area contributed by atoms with Crippen LogP contribution in [0.5, 0.6) is 0 Å². The Hall–Kier alpha value is -1.00. The van der Waals surface area contributed by atoms with E-state index in [0.29, 0.717) is 0 Å². The lowest BCUT2D eigenvalue weighted by Crippen LogP contribution is -2.23. The molecule has 0 spiro atoms. The summed E-state index contributed by atoms with van der Waals surface area (Å²) in [6.45, 7) is 1.82. The van der Waals surface area contributed by atoms with Crippen molar-refractivity contribution >= 4 is 17.7 Å². The fourth-order valence-corrected chi connectivity index (χ4v) is 2.13. The van der Waals surface area contributed by atoms with E-state index in [1.54, 1.807) is 0 Å². The zero-order valence-electron chi connectivity index (χ0n) is 8.46. The third-order valence-corrected chi connectivity index (χ3v) is 3.22. The number of aliphatic carboxylic acids is 1. The quantitative estimate of drug-likeness (QED) is 0.754. The molecule has 1 aromatic carbocycles. The summed E-state index contributed by atoms with van der Waals surface area (Å²) in [4.78, 5) is 11.4. The van der Waals surface area contributed by atoms with Crippen LogP contribution < -0.4 is 0 Å². The fraction of sp³-hybridized carbons (Fsp3) is 0.364. The summed E-state index contributed by atoms with van der Waals surface area (Å²) in [6, 6.07) is 9.63. The molecule has 0 aromatic heterocycles. The molecule has 82 valence electrons. The van der Waals surface area contributed by atoms with Crippen LogP contribution in [0.3, 0.4) is 0 Å². The second-order valence-corrected chi connectivity index (χ2v) is 4.75. The van der Waals surface area contributed by atoms with Gasteiger partial charge in [0.15, 0.2) is 0 Å². The molecule has 4 heteroatoms. The summed E-state index contributed by atoms with van der Waals surface area (Å²) in [6.07, 6.45) is -1.02. The van der Waals surface area contributed by atoms with Crippen molar-refractivity contribution in [2.24, 2.45) is 0 Å². The van der Waals surface area contributed by atoms with Gasteiger partial charge in [0.05, 0.1) is 12.5 Å². The van der Waals surface area contributed by atoms with Gasteiger partial charge in [0.25, 0.3) is 0 Å². The van der Waals surface area contributed by atoms with E-state index in [-0.39, 0.29) is 11.7 Å². The molecule has 1 aromatic rings. The van der Waals surface area contributed by atoms with Gasteiger partial charge in [-0.3, -0.25) is 4.79 Å². The van der Waals surface area contributed by atoms with Gasteiger partial charge >= 0.3 is 5.97 Å². The zero-order chi connectivity index (χ0) is 11.3. The van der Waals surface area contributed by atoms with E-state index < -0.39 is 12.1 Å². The van der Waals surface area contributed by atoms with Gasteiger partial charge in [-0.1, -0.05) is 25.1 Å². The summed E-state index contributed by atoms with van der Waals surface area (Å²) in [5.41, 5.74) is 0. The van der Waals surface area contributed by atoms with Gasteiger partial charge in [-0.25, -0.2) is 0 Å². The van der Waals surface area contributed by atoms with Crippen molar-refractivity contribution in [1.82, 2.24) is 0 Å². The first kappa shape index (κ1) is 12.1. The largest absolute Gasteiger partial charge is 0.481 e. The first-order chi connectivity index (χ1) is 7.09. The maximum Gasteiger partial charge on any atom is 0.306 e. The molecule has 15 heavy (non-hydrogen) atoms. The Morgan fingerprint density at radius 1 is 1.40 bits per heavy atom. The number of carboxylic acids is 1. The van der Waals surface area contributed by atoms with Crippen LogP contribution in [0.4, 0.5) is 0 Å². The van der Waals surface area contributed by atoms with Crippen molar-refractivity contribution in [2.75, 3.05) is 0 Å². The molecular weight excluding hydrogens is 212 g/mol.